The number of nitrogen functional groups attached to an aromatic ring is 1. The third-order valence-corrected chi connectivity index (χ3v) is 3.88. The molecule has 24 heavy (non-hydrogen) atoms. The molecular weight excluding hydrogens is 324 g/mol. The van der Waals surface area contributed by atoms with Crippen LogP contribution < -0.4 is 15.8 Å². The van der Waals surface area contributed by atoms with E-state index in [-0.39, 0.29) is 18.3 Å². The highest BCUT2D eigenvalue weighted by Gasteiger charge is 2.05. The number of anilines is 1. The zero-order chi connectivity index (χ0) is 16.7. The number of nitrogens with one attached hydrogen (secondary N) is 1. The van der Waals surface area contributed by atoms with Gasteiger partial charge in [0.1, 0.15) is 5.75 Å². The van der Waals surface area contributed by atoms with Gasteiger partial charge in [-0.2, -0.15) is 0 Å². The second-order valence-corrected chi connectivity index (χ2v) is 5.60. The molecule has 0 fully saturated rings. The molecule has 0 unspecified atom stereocenters. The number of hydrogen-bond acceptors (Lipinski definition) is 3. The largest absolute Gasteiger partial charge is 0.496 e. The van der Waals surface area contributed by atoms with Crippen molar-refractivity contribution in [3.8, 4) is 5.75 Å². The van der Waals surface area contributed by atoms with Crippen molar-refractivity contribution in [2.24, 2.45) is 0 Å². The highest BCUT2D eigenvalue weighted by molar-refractivity contribution is 5.85. The first-order chi connectivity index (χ1) is 11.1. The lowest BCUT2D eigenvalue weighted by atomic mass is 10.1. The van der Waals surface area contributed by atoms with Gasteiger partial charge in [0.05, 0.1) is 7.11 Å². The standard InChI is InChI=1S/C19H24N2O2.ClH/c1-14-7-8-15(13-18(14)23-2)11-12-21-19(22)10-9-16-5-3-4-6-17(16)20;/h3-8,13H,9-12,20H2,1-2H3,(H,21,22);1H. The maximum absolute atomic E-state index is 11.9. The molecule has 3 N–H and O–H groups in total. The van der Waals surface area contributed by atoms with Crippen molar-refractivity contribution in [2.45, 2.75) is 26.2 Å². The van der Waals surface area contributed by atoms with Crippen LogP contribution in [0.2, 0.25) is 0 Å². The summed E-state index contributed by atoms with van der Waals surface area (Å²) < 4.78 is 5.31. The topological polar surface area (TPSA) is 64.3 Å². The molecule has 0 aliphatic heterocycles. The fourth-order valence-corrected chi connectivity index (χ4v) is 2.46. The van der Waals surface area contributed by atoms with Crippen LogP contribution in [0.15, 0.2) is 42.5 Å². The van der Waals surface area contributed by atoms with Gasteiger partial charge in [-0.1, -0.05) is 30.3 Å². The number of carbonyl (C=O) groups excluding carboxylic acids is 1. The molecule has 0 atom stereocenters. The maximum atomic E-state index is 11.9. The number of carbonyl (C=O) groups is 1. The Morgan fingerprint density at radius 2 is 1.92 bits per heavy atom. The highest BCUT2D eigenvalue weighted by Crippen LogP contribution is 2.19. The monoisotopic (exact) mass is 348 g/mol. The van der Waals surface area contributed by atoms with E-state index in [2.05, 4.69) is 11.4 Å². The van der Waals surface area contributed by atoms with Gasteiger partial charge in [0, 0.05) is 18.7 Å². The van der Waals surface area contributed by atoms with Crippen molar-refractivity contribution in [3.63, 3.8) is 0 Å². The van der Waals surface area contributed by atoms with E-state index in [0.717, 1.165) is 34.5 Å². The molecule has 2 aromatic carbocycles. The number of methoxy groups -OCH3 is 1. The van der Waals surface area contributed by atoms with Crippen molar-refractivity contribution in [1.82, 2.24) is 5.32 Å². The Bertz CT molecular complexity index is 674. The molecule has 130 valence electrons. The molecule has 0 radical (unpaired) electrons. The number of halogens is 1. The minimum Gasteiger partial charge on any atom is -0.496 e. The number of ether oxygens (including phenoxy) is 1. The SMILES string of the molecule is COc1cc(CCNC(=O)CCc2ccccc2N)ccc1C.Cl. The van der Waals surface area contributed by atoms with Crippen LogP contribution >= 0.6 is 12.4 Å². The lowest BCUT2D eigenvalue weighted by molar-refractivity contribution is -0.121. The van der Waals surface area contributed by atoms with Crippen molar-refractivity contribution in [3.05, 3.63) is 59.2 Å². The Morgan fingerprint density at radius 3 is 2.62 bits per heavy atom. The van der Waals surface area contributed by atoms with Gasteiger partial charge in [-0.15, -0.1) is 12.4 Å². The van der Waals surface area contributed by atoms with Crippen LogP contribution in [0, 0.1) is 6.92 Å². The predicted octanol–water partition coefficient (Wildman–Crippen LogP) is 3.30. The zero-order valence-corrected chi connectivity index (χ0v) is 15.0. The number of aryl methyl sites for hydroxylation is 2. The molecule has 4 nitrogen and oxygen atoms in total. The Labute approximate surface area is 149 Å². The van der Waals surface area contributed by atoms with Gasteiger partial charge in [-0.05, 0) is 48.6 Å². The summed E-state index contributed by atoms with van der Waals surface area (Å²) in [5, 5.41) is 2.95. The molecule has 0 saturated carbocycles. The van der Waals surface area contributed by atoms with E-state index in [1.54, 1.807) is 7.11 Å². The van der Waals surface area contributed by atoms with E-state index < -0.39 is 0 Å². The quantitative estimate of drug-likeness (QED) is 0.754. The van der Waals surface area contributed by atoms with Crippen LogP contribution in [0.25, 0.3) is 0 Å². The summed E-state index contributed by atoms with van der Waals surface area (Å²) in [5.74, 6) is 0.931. The second-order valence-electron chi connectivity index (χ2n) is 5.60. The summed E-state index contributed by atoms with van der Waals surface area (Å²) in [5.41, 5.74) is 9.91. The Hall–Kier alpha value is -2.20. The van der Waals surface area contributed by atoms with Gasteiger partial charge in [0.15, 0.2) is 0 Å². The molecule has 0 heterocycles. The second kappa shape index (κ2) is 9.83. The van der Waals surface area contributed by atoms with Crippen molar-refractivity contribution >= 4 is 24.0 Å². The van der Waals surface area contributed by atoms with Crippen molar-refractivity contribution in [1.29, 1.82) is 0 Å². The third kappa shape index (κ3) is 5.78. The van der Waals surface area contributed by atoms with Gasteiger partial charge in [0.2, 0.25) is 5.91 Å². The lowest BCUT2D eigenvalue weighted by Crippen LogP contribution is -2.26. The molecule has 0 aliphatic carbocycles. The molecule has 5 heteroatoms. The first-order valence-corrected chi connectivity index (χ1v) is 7.83. The predicted molar refractivity (Wildman–Crippen MR) is 101 cm³/mol. The van der Waals surface area contributed by atoms with E-state index in [0.29, 0.717) is 19.4 Å². The Kier molecular flexibility index (Phi) is 8.13. The average Bonchev–Trinajstić information content (AvgIpc) is 2.55. The third-order valence-electron chi connectivity index (χ3n) is 3.88. The molecular formula is C19H25ClN2O2. The first kappa shape index (κ1) is 19.8. The fraction of sp³-hybridized carbons (Fsp3) is 0.316. The fourth-order valence-electron chi connectivity index (χ4n) is 2.46. The summed E-state index contributed by atoms with van der Waals surface area (Å²) in [4.78, 5) is 11.9. The minimum atomic E-state index is 0. The molecule has 0 spiro atoms. The number of hydrogen-bond donors (Lipinski definition) is 2. The first-order valence-electron chi connectivity index (χ1n) is 7.83. The van der Waals surface area contributed by atoms with Gasteiger partial charge < -0.3 is 15.8 Å². The number of amides is 1. The summed E-state index contributed by atoms with van der Waals surface area (Å²) >= 11 is 0. The normalized spacial score (nSPS) is 9.92. The van der Waals surface area contributed by atoms with E-state index in [4.69, 9.17) is 10.5 Å². The molecule has 0 aliphatic rings. The maximum Gasteiger partial charge on any atom is 0.220 e. The number of para-hydroxylation sites is 1. The van der Waals surface area contributed by atoms with Crippen LogP contribution in [0.3, 0.4) is 0 Å². The van der Waals surface area contributed by atoms with Gasteiger partial charge in [-0.3, -0.25) is 4.79 Å². The van der Waals surface area contributed by atoms with E-state index >= 15 is 0 Å². The van der Waals surface area contributed by atoms with Gasteiger partial charge in [-0.25, -0.2) is 0 Å². The number of nitrogens with two attached hydrogens (primary N) is 1. The Balaban J connectivity index is 0.00000288. The van der Waals surface area contributed by atoms with Crippen LogP contribution in [0.5, 0.6) is 5.75 Å². The molecule has 0 saturated heterocycles. The van der Waals surface area contributed by atoms with Crippen LogP contribution in [-0.2, 0) is 17.6 Å². The zero-order valence-electron chi connectivity index (χ0n) is 14.2. The van der Waals surface area contributed by atoms with Crippen LogP contribution in [0.1, 0.15) is 23.1 Å². The van der Waals surface area contributed by atoms with Crippen molar-refractivity contribution < 1.29 is 9.53 Å². The van der Waals surface area contributed by atoms with Gasteiger partial charge >= 0.3 is 0 Å². The summed E-state index contributed by atoms with van der Waals surface area (Å²) in [6, 6.07) is 13.8. The van der Waals surface area contributed by atoms with Crippen LogP contribution in [-0.4, -0.2) is 19.6 Å². The molecule has 0 aromatic heterocycles. The highest BCUT2D eigenvalue weighted by atomic mass is 35.5. The smallest absolute Gasteiger partial charge is 0.220 e. The molecule has 1 amide bonds. The lowest BCUT2D eigenvalue weighted by Gasteiger charge is -2.09. The summed E-state index contributed by atoms with van der Waals surface area (Å²) in [6.07, 6.45) is 1.90. The van der Waals surface area contributed by atoms with E-state index in [9.17, 15) is 4.79 Å². The van der Waals surface area contributed by atoms with Gasteiger partial charge in [0.25, 0.3) is 0 Å². The van der Waals surface area contributed by atoms with E-state index in [1.807, 2.05) is 43.3 Å². The number of benzene rings is 2. The number of rotatable bonds is 7. The average molecular weight is 349 g/mol. The summed E-state index contributed by atoms with van der Waals surface area (Å²) in [6.45, 7) is 2.63. The molecule has 2 aromatic rings. The van der Waals surface area contributed by atoms with E-state index in [1.165, 1.54) is 0 Å². The molecule has 0 bridgehead atoms. The van der Waals surface area contributed by atoms with Crippen LogP contribution in [0.4, 0.5) is 5.69 Å². The molecule has 2 rings (SSSR count). The van der Waals surface area contributed by atoms with Crippen molar-refractivity contribution in [2.75, 3.05) is 19.4 Å². The minimum absolute atomic E-state index is 0. The Morgan fingerprint density at radius 1 is 1.17 bits per heavy atom. The summed E-state index contributed by atoms with van der Waals surface area (Å²) in [7, 11) is 1.67.